The normalized spacial score (nSPS) is 19.4. The van der Waals surface area contributed by atoms with E-state index in [1.807, 2.05) is 6.07 Å². The zero-order valence-corrected chi connectivity index (χ0v) is 20.3. The molecule has 7 nitrogen and oxygen atoms in total. The van der Waals surface area contributed by atoms with Crippen molar-refractivity contribution in [1.82, 2.24) is 9.88 Å². The molecule has 1 fully saturated rings. The number of ether oxygens (including phenoxy) is 1. The number of hydrogen-bond acceptors (Lipinski definition) is 6. The van der Waals surface area contributed by atoms with Crippen molar-refractivity contribution in [2.24, 2.45) is 0 Å². The number of amides is 3. The molecule has 5 rings (SSSR count). The van der Waals surface area contributed by atoms with Gasteiger partial charge in [0.25, 0.3) is 5.91 Å². The van der Waals surface area contributed by atoms with Crippen LogP contribution < -0.4 is 9.64 Å². The quantitative estimate of drug-likeness (QED) is 0.443. The average molecular weight is 527 g/mol. The molecule has 2 aliphatic rings. The molecule has 3 heterocycles. The van der Waals surface area contributed by atoms with Crippen LogP contribution in [-0.4, -0.2) is 46.8 Å². The van der Waals surface area contributed by atoms with E-state index in [-0.39, 0.29) is 34.8 Å². The van der Waals surface area contributed by atoms with Crippen molar-refractivity contribution in [2.75, 3.05) is 18.6 Å². The van der Waals surface area contributed by atoms with Gasteiger partial charge in [-0.15, -0.1) is 11.8 Å². The van der Waals surface area contributed by atoms with Crippen LogP contribution in [0.1, 0.15) is 12.0 Å². The van der Waals surface area contributed by atoms with E-state index >= 15 is 0 Å². The lowest BCUT2D eigenvalue weighted by Gasteiger charge is -2.41. The number of fused-ring (bicyclic) bond motifs is 2. The first-order chi connectivity index (χ1) is 17.3. The molecule has 0 saturated carbocycles. The molecule has 11 heteroatoms. The summed E-state index contributed by atoms with van der Waals surface area (Å²) in [5.41, 5.74) is 0.605. The van der Waals surface area contributed by atoms with Crippen LogP contribution in [0.3, 0.4) is 0 Å². The van der Waals surface area contributed by atoms with Crippen molar-refractivity contribution in [3.63, 3.8) is 0 Å². The lowest BCUT2D eigenvalue weighted by Crippen LogP contribution is -2.62. The maximum atomic E-state index is 14.4. The summed E-state index contributed by atoms with van der Waals surface area (Å²) >= 11 is 7.49. The molecule has 182 valence electrons. The Morgan fingerprint density at radius 3 is 2.75 bits per heavy atom. The third-order valence-corrected chi connectivity index (χ3v) is 7.75. The summed E-state index contributed by atoms with van der Waals surface area (Å²) in [6, 6.07) is 7.65. The maximum absolute atomic E-state index is 14.4. The highest BCUT2D eigenvalue weighted by atomic mass is 35.5. The Balaban J connectivity index is 1.60. The van der Waals surface area contributed by atoms with Gasteiger partial charge in [-0.1, -0.05) is 23.7 Å². The molecule has 3 aromatic rings. The SMILES string of the molecule is COc1cc(C2=CC3C(S2)C(=O)N(c2cncc4c(F)cccc24)C(=O)N3CCC#N)c(Cl)cc1F. The summed E-state index contributed by atoms with van der Waals surface area (Å²) < 4.78 is 33.6. The van der Waals surface area contributed by atoms with Crippen molar-refractivity contribution in [3.8, 4) is 11.8 Å². The number of aromatic nitrogens is 1. The molecule has 3 amide bonds. The van der Waals surface area contributed by atoms with Gasteiger partial charge in [-0.05, 0) is 24.3 Å². The number of benzene rings is 2. The van der Waals surface area contributed by atoms with Gasteiger partial charge in [0.1, 0.15) is 11.1 Å². The largest absolute Gasteiger partial charge is 0.494 e. The number of urea groups is 1. The van der Waals surface area contributed by atoms with Crippen LogP contribution in [0.4, 0.5) is 19.3 Å². The summed E-state index contributed by atoms with van der Waals surface area (Å²) in [5, 5.41) is 9.05. The van der Waals surface area contributed by atoms with Crippen LogP contribution in [0, 0.1) is 23.0 Å². The number of methoxy groups -OCH3 is 1. The number of halogens is 3. The van der Waals surface area contributed by atoms with Gasteiger partial charge in [0, 0.05) is 34.0 Å². The zero-order chi connectivity index (χ0) is 25.6. The van der Waals surface area contributed by atoms with Crippen LogP contribution in [0.25, 0.3) is 15.7 Å². The maximum Gasteiger partial charge on any atom is 0.332 e. The molecule has 0 N–H and O–H groups in total. The van der Waals surface area contributed by atoms with Crippen molar-refractivity contribution < 1.29 is 23.1 Å². The first kappa shape index (κ1) is 24.0. The van der Waals surface area contributed by atoms with E-state index in [9.17, 15) is 23.6 Å². The van der Waals surface area contributed by atoms with Gasteiger partial charge >= 0.3 is 6.03 Å². The molecule has 1 saturated heterocycles. The number of nitriles is 1. The van der Waals surface area contributed by atoms with Crippen LogP contribution in [0.5, 0.6) is 5.75 Å². The molecule has 0 bridgehead atoms. The molecular weight excluding hydrogens is 510 g/mol. The number of hydrogen-bond donors (Lipinski definition) is 0. The molecule has 1 aromatic heterocycles. The predicted molar refractivity (Wildman–Crippen MR) is 133 cm³/mol. The molecule has 36 heavy (non-hydrogen) atoms. The van der Waals surface area contributed by atoms with Gasteiger partial charge in [-0.25, -0.2) is 18.5 Å². The first-order valence-corrected chi connectivity index (χ1v) is 12.1. The molecule has 2 atom stereocenters. The summed E-state index contributed by atoms with van der Waals surface area (Å²) in [6.45, 7) is 0.0671. The third-order valence-electron chi connectivity index (χ3n) is 6.09. The van der Waals surface area contributed by atoms with E-state index in [1.165, 1.54) is 54.4 Å². The summed E-state index contributed by atoms with van der Waals surface area (Å²) in [6.07, 6.45) is 4.44. The van der Waals surface area contributed by atoms with E-state index in [0.29, 0.717) is 15.9 Å². The van der Waals surface area contributed by atoms with Crippen LogP contribution in [0.15, 0.2) is 48.8 Å². The fourth-order valence-corrected chi connectivity index (χ4v) is 6.07. The monoisotopic (exact) mass is 526 g/mol. The number of carbonyl (C=O) groups excluding carboxylic acids is 2. The molecule has 0 aliphatic carbocycles. The fourth-order valence-electron chi connectivity index (χ4n) is 4.40. The van der Waals surface area contributed by atoms with E-state index in [0.717, 1.165) is 11.0 Å². The second kappa shape index (κ2) is 9.41. The number of imide groups is 1. The van der Waals surface area contributed by atoms with E-state index in [4.69, 9.17) is 16.3 Å². The van der Waals surface area contributed by atoms with Gasteiger partial charge in [0.05, 0.1) is 42.5 Å². The van der Waals surface area contributed by atoms with E-state index in [2.05, 4.69) is 4.98 Å². The Morgan fingerprint density at radius 2 is 2.00 bits per heavy atom. The lowest BCUT2D eigenvalue weighted by molar-refractivity contribution is -0.119. The van der Waals surface area contributed by atoms with Crippen molar-refractivity contribution in [3.05, 3.63) is 71.0 Å². The standard InChI is InChI=1S/C25H17ClF2N4O3S/c1-35-21-8-14(16(26)9-18(21)28)22-10-19-23(36-22)24(33)32(25(34)31(19)7-3-6-29)20-12-30-11-15-13(20)4-2-5-17(15)27/h2,4-5,8-12,19,23H,3,7H2,1H3. The summed E-state index contributed by atoms with van der Waals surface area (Å²) in [7, 11) is 1.33. The van der Waals surface area contributed by atoms with Crippen LogP contribution in [0.2, 0.25) is 5.02 Å². The Labute approximate surface area is 213 Å². The fraction of sp³-hybridized carbons (Fsp3) is 0.200. The Morgan fingerprint density at radius 1 is 1.19 bits per heavy atom. The van der Waals surface area contributed by atoms with Crippen molar-refractivity contribution in [1.29, 1.82) is 5.26 Å². The Kier molecular flexibility index (Phi) is 6.28. The Hall–Kier alpha value is -3.68. The topological polar surface area (TPSA) is 86.5 Å². The van der Waals surface area contributed by atoms with E-state index in [1.54, 1.807) is 12.1 Å². The van der Waals surface area contributed by atoms with E-state index < -0.39 is 34.9 Å². The predicted octanol–water partition coefficient (Wildman–Crippen LogP) is 5.38. The van der Waals surface area contributed by atoms with Crippen molar-refractivity contribution >= 4 is 56.7 Å². The van der Waals surface area contributed by atoms with Gasteiger partial charge < -0.3 is 9.64 Å². The number of anilines is 1. The second-order valence-electron chi connectivity index (χ2n) is 8.08. The lowest BCUT2D eigenvalue weighted by atomic mass is 10.0. The van der Waals surface area contributed by atoms with Gasteiger partial charge in [0.2, 0.25) is 0 Å². The average Bonchev–Trinajstić information content (AvgIpc) is 3.30. The number of nitrogens with zero attached hydrogens (tertiary/aromatic N) is 4. The van der Waals surface area contributed by atoms with Crippen LogP contribution in [-0.2, 0) is 4.79 Å². The third kappa shape index (κ3) is 3.85. The molecule has 2 aromatic carbocycles. The molecule has 0 spiro atoms. The highest BCUT2D eigenvalue weighted by Crippen LogP contribution is 2.48. The highest BCUT2D eigenvalue weighted by molar-refractivity contribution is 8.09. The number of carbonyl (C=O) groups is 2. The summed E-state index contributed by atoms with van der Waals surface area (Å²) in [5.74, 6) is -1.69. The molecule has 2 aliphatic heterocycles. The smallest absolute Gasteiger partial charge is 0.332 e. The second-order valence-corrected chi connectivity index (χ2v) is 9.67. The number of pyridine rings is 1. The van der Waals surface area contributed by atoms with Crippen molar-refractivity contribution in [2.45, 2.75) is 17.7 Å². The molecule has 2 unspecified atom stereocenters. The molecular formula is C25H17ClF2N4O3S. The first-order valence-electron chi connectivity index (χ1n) is 10.8. The minimum Gasteiger partial charge on any atom is -0.494 e. The number of thioether (sulfide) groups is 1. The summed E-state index contributed by atoms with van der Waals surface area (Å²) in [4.78, 5) is 34.4. The minimum absolute atomic E-state index is 0.0139. The molecule has 0 radical (unpaired) electrons. The van der Waals surface area contributed by atoms with Gasteiger partial charge in [0.15, 0.2) is 11.6 Å². The minimum atomic E-state index is -0.771. The van der Waals surface area contributed by atoms with Gasteiger partial charge in [-0.3, -0.25) is 9.78 Å². The van der Waals surface area contributed by atoms with Crippen LogP contribution >= 0.6 is 23.4 Å². The van der Waals surface area contributed by atoms with Gasteiger partial charge in [-0.2, -0.15) is 5.26 Å². The zero-order valence-electron chi connectivity index (χ0n) is 18.7. The Bertz CT molecular complexity index is 1490. The number of rotatable bonds is 5. The highest BCUT2D eigenvalue weighted by Gasteiger charge is 2.50.